The summed E-state index contributed by atoms with van der Waals surface area (Å²) in [5, 5.41) is 4.85. The highest BCUT2D eigenvalue weighted by atomic mass is 19.1. The molecular weight excluding hydrogens is 315 g/mol. The average Bonchev–Trinajstić information content (AvgIpc) is 3.02. The summed E-state index contributed by atoms with van der Waals surface area (Å²) in [6.45, 7) is 0.491. The smallest absolute Gasteiger partial charge is 0.313 e. The molecule has 24 heavy (non-hydrogen) atoms. The number of anilines is 1. The van der Waals surface area contributed by atoms with Gasteiger partial charge in [-0.2, -0.15) is 0 Å². The normalized spacial score (nSPS) is 11.9. The maximum atomic E-state index is 13.0. The summed E-state index contributed by atoms with van der Waals surface area (Å²) in [5.41, 5.74) is 1.18. The van der Waals surface area contributed by atoms with E-state index in [-0.39, 0.29) is 19.0 Å². The summed E-state index contributed by atoms with van der Waals surface area (Å²) < 4.78 is 23.5. The molecule has 6 nitrogen and oxygen atoms in total. The van der Waals surface area contributed by atoms with Gasteiger partial charge in [-0.05, 0) is 42.3 Å². The fourth-order valence-electron chi connectivity index (χ4n) is 2.25. The third kappa shape index (κ3) is 3.81. The van der Waals surface area contributed by atoms with Crippen LogP contribution in [0.25, 0.3) is 0 Å². The van der Waals surface area contributed by atoms with Crippen molar-refractivity contribution in [3.8, 4) is 11.5 Å². The number of benzene rings is 2. The Morgan fingerprint density at radius 3 is 2.71 bits per heavy atom. The van der Waals surface area contributed by atoms with Gasteiger partial charge in [0.05, 0.1) is 0 Å². The van der Waals surface area contributed by atoms with Crippen molar-refractivity contribution in [3.63, 3.8) is 0 Å². The maximum absolute atomic E-state index is 13.0. The van der Waals surface area contributed by atoms with Crippen LogP contribution in [0.4, 0.5) is 10.1 Å². The molecule has 7 heteroatoms. The first-order chi connectivity index (χ1) is 11.6. The fourth-order valence-corrected chi connectivity index (χ4v) is 2.25. The third-order valence-corrected chi connectivity index (χ3v) is 3.42. The van der Waals surface area contributed by atoms with Gasteiger partial charge in [0.2, 0.25) is 6.79 Å². The molecule has 0 spiro atoms. The Hall–Kier alpha value is -3.09. The van der Waals surface area contributed by atoms with Gasteiger partial charge in [0, 0.05) is 12.2 Å². The van der Waals surface area contributed by atoms with E-state index in [0.717, 1.165) is 11.6 Å². The number of ether oxygens (including phenoxy) is 2. The van der Waals surface area contributed by atoms with Crippen LogP contribution in [0.1, 0.15) is 5.56 Å². The van der Waals surface area contributed by atoms with Crippen molar-refractivity contribution in [2.24, 2.45) is 0 Å². The Morgan fingerprint density at radius 1 is 1.04 bits per heavy atom. The van der Waals surface area contributed by atoms with E-state index in [1.54, 1.807) is 6.07 Å². The largest absolute Gasteiger partial charge is 0.454 e. The lowest BCUT2D eigenvalue weighted by molar-refractivity contribution is -0.136. The molecule has 3 rings (SSSR count). The zero-order chi connectivity index (χ0) is 16.9. The first-order valence-corrected chi connectivity index (χ1v) is 7.35. The molecule has 0 bridgehead atoms. The van der Waals surface area contributed by atoms with E-state index in [9.17, 15) is 14.0 Å². The van der Waals surface area contributed by atoms with Gasteiger partial charge in [-0.15, -0.1) is 0 Å². The van der Waals surface area contributed by atoms with E-state index in [1.807, 2.05) is 12.1 Å². The minimum atomic E-state index is -0.841. The summed E-state index contributed by atoms with van der Waals surface area (Å²) in [6.07, 6.45) is 0.537. The van der Waals surface area contributed by atoms with Gasteiger partial charge in [0.25, 0.3) is 0 Å². The lowest BCUT2D eigenvalue weighted by atomic mass is 10.1. The van der Waals surface area contributed by atoms with Crippen molar-refractivity contribution >= 4 is 17.5 Å². The third-order valence-electron chi connectivity index (χ3n) is 3.42. The molecule has 0 fully saturated rings. The predicted molar refractivity (Wildman–Crippen MR) is 84.3 cm³/mol. The summed E-state index contributed by atoms with van der Waals surface area (Å²) in [6, 6.07) is 10.8. The number of hydrogen-bond donors (Lipinski definition) is 2. The highest BCUT2D eigenvalue weighted by Crippen LogP contribution is 2.32. The summed E-state index contributed by atoms with van der Waals surface area (Å²) in [4.78, 5) is 23.5. The van der Waals surface area contributed by atoms with Crippen molar-refractivity contribution in [2.45, 2.75) is 6.42 Å². The van der Waals surface area contributed by atoms with Gasteiger partial charge in [-0.3, -0.25) is 9.59 Å². The Kier molecular flexibility index (Phi) is 4.60. The summed E-state index contributed by atoms with van der Waals surface area (Å²) in [5.74, 6) is -0.748. The van der Waals surface area contributed by atoms with Crippen molar-refractivity contribution < 1.29 is 23.5 Å². The van der Waals surface area contributed by atoms with E-state index in [2.05, 4.69) is 10.6 Å². The van der Waals surface area contributed by atoms with Crippen molar-refractivity contribution in [3.05, 3.63) is 53.8 Å². The SMILES string of the molecule is O=C(NCCc1ccc2c(c1)OCO2)C(=O)Nc1cccc(F)c1. The number of carbonyl (C=O) groups excluding carboxylic acids is 2. The van der Waals surface area contributed by atoms with Crippen LogP contribution in [0.5, 0.6) is 11.5 Å². The first-order valence-electron chi connectivity index (χ1n) is 7.35. The lowest BCUT2D eigenvalue weighted by Crippen LogP contribution is -2.36. The molecule has 0 atom stereocenters. The van der Waals surface area contributed by atoms with Gasteiger partial charge < -0.3 is 20.1 Å². The fraction of sp³-hybridized carbons (Fsp3) is 0.176. The number of nitrogens with one attached hydrogen (secondary N) is 2. The van der Waals surface area contributed by atoms with Crippen LogP contribution < -0.4 is 20.1 Å². The number of rotatable bonds is 4. The van der Waals surface area contributed by atoms with Crippen LogP contribution >= 0.6 is 0 Å². The lowest BCUT2D eigenvalue weighted by Gasteiger charge is -2.07. The van der Waals surface area contributed by atoms with E-state index in [4.69, 9.17) is 9.47 Å². The molecule has 1 heterocycles. The molecule has 0 aromatic heterocycles. The maximum Gasteiger partial charge on any atom is 0.313 e. The molecule has 0 saturated carbocycles. The van der Waals surface area contributed by atoms with E-state index < -0.39 is 17.6 Å². The summed E-state index contributed by atoms with van der Waals surface area (Å²) in [7, 11) is 0. The molecule has 2 aromatic carbocycles. The molecule has 2 aromatic rings. The van der Waals surface area contributed by atoms with Gasteiger partial charge in [0.1, 0.15) is 5.82 Å². The van der Waals surface area contributed by atoms with Crippen LogP contribution in [0.3, 0.4) is 0 Å². The van der Waals surface area contributed by atoms with Gasteiger partial charge in [-0.25, -0.2) is 4.39 Å². The first kappa shape index (κ1) is 15.8. The van der Waals surface area contributed by atoms with E-state index in [1.165, 1.54) is 18.2 Å². The summed E-state index contributed by atoms with van der Waals surface area (Å²) >= 11 is 0. The predicted octanol–water partition coefficient (Wildman–Crippen LogP) is 1.85. The number of carbonyl (C=O) groups is 2. The van der Waals surface area contributed by atoms with Gasteiger partial charge >= 0.3 is 11.8 Å². The second-order valence-corrected chi connectivity index (χ2v) is 5.16. The van der Waals surface area contributed by atoms with Crippen LogP contribution in [-0.2, 0) is 16.0 Å². The molecule has 124 valence electrons. The van der Waals surface area contributed by atoms with Crippen molar-refractivity contribution in [1.29, 1.82) is 0 Å². The minimum absolute atomic E-state index is 0.204. The minimum Gasteiger partial charge on any atom is -0.454 e. The second-order valence-electron chi connectivity index (χ2n) is 5.16. The zero-order valence-corrected chi connectivity index (χ0v) is 12.7. The monoisotopic (exact) mass is 330 g/mol. The molecule has 1 aliphatic rings. The molecule has 2 N–H and O–H groups in total. The number of halogens is 1. The van der Waals surface area contributed by atoms with Crippen LogP contribution in [0.15, 0.2) is 42.5 Å². The number of fused-ring (bicyclic) bond motifs is 1. The molecule has 1 aliphatic heterocycles. The highest BCUT2D eigenvalue weighted by molar-refractivity contribution is 6.39. The molecule has 0 saturated heterocycles. The zero-order valence-electron chi connectivity index (χ0n) is 12.7. The average molecular weight is 330 g/mol. The van der Waals surface area contributed by atoms with E-state index >= 15 is 0 Å². The Morgan fingerprint density at radius 2 is 1.88 bits per heavy atom. The van der Waals surface area contributed by atoms with Crippen LogP contribution in [0.2, 0.25) is 0 Å². The molecule has 0 radical (unpaired) electrons. The van der Waals surface area contributed by atoms with E-state index in [0.29, 0.717) is 17.9 Å². The Labute approximate surface area is 137 Å². The van der Waals surface area contributed by atoms with Gasteiger partial charge in [0.15, 0.2) is 11.5 Å². The Bertz CT molecular complexity index is 779. The highest BCUT2D eigenvalue weighted by Gasteiger charge is 2.15. The number of amides is 2. The molecule has 0 aliphatic carbocycles. The molecule has 0 unspecified atom stereocenters. The second kappa shape index (κ2) is 6.99. The standard InChI is InChI=1S/C17H15FN2O4/c18-12-2-1-3-13(9-12)20-17(22)16(21)19-7-6-11-4-5-14-15(8-11)24-10-23-14/h1-5,8-9H,6-7,10H2,(H,19,21)(H,20,22). The number of hydrogen-bond acceptors (Lipinski definition) is 4. The molecular formula is C17H15FN2O4. The van der Waals surface area contributed by atoms with Crippen LogP contribution in [-0.4, -0.2) is 25.2 Å². The molecule has 2 amide bonds. The Balaban J connectivity index is 1.47. The van der Waals surface area contributed by atoms with Crippen molar-refractivity contribution in [1.82, 2.24) is 5.32 Å². The quantitative estimate of drug-likeness (QED) is 0.839. The van der Waals surface area contributed by atoms with Gasteiger partial charge in [-0.1, -0.05) is 12.1 Å². The topological polar surface area (TPSA) is 76.7 Å². The van der Waals surface area contributed by atoms with Crippen molar-refractivity contribution in [2.75, 3.05) is 18.7 Å². The van der Waals surface area contributed by atoms with Crippen LogP contribution in [0, 0.1) is 5.82 Å².